The third-order valence-electron chi connectivity index (χ3n) is 14.9. The average molecular weight is 1100 g/mol. The Hall–Kier alpha value is -3.41. The Morgan fingerprint density at radius 1 is 0.266 bits per heavy atom. The highest BCUT2D eigenvalue weighted by atomic mass is 16.6. The molecule has 456 valence electrons. The zero-order chi connectivity index (χ0) is 57.1. The molecule has 6 heteroatoms. The van der Waals surface area contributed by atoms with Crippen LogP contribution in [-0.4, -0.2) is 37.2 Å². The van der Waals surface area contributed by atoms with Crippen LogP contribution < -0.4 is 0 Å². The summed E-state index contributed by atoms with van der Waals surface area (Å²) >= 11 is 0. The highest BCUT2D eigenvalue weighted by molar-refractivity contribution is 5.71. The van der Waals surface area contributed by atoms with E-state index < -0.39 is 6.10 Å². The molecule has 0 aliphatic heterocycles. The lowest BCUT2D eigenvalue weighted by molar-refractivity contribution is -0.167. The molecule has 0 aliphatic rings. The van der Waals surface area contributed by atoms with Gasteiger partial charge in [0.2, 0.25) is 0 Å². The van der Waals surface area contributed by atoms with Crippen LogP contribution in [0.4, 0.5) is 0 Å². The van der Waals surface area contributed by atoms with Crippen LogP contribution in [0.15, 0.2) is 85.1 Å². The second-order valence-corrected chi connectivity index (χ2v) is 22.7. The van der Waals surface area contributed by atoms with Crippen molar-refractivity contribution in [2.45, 2.75) is 348 Å². The molecule has 0 saturated carbocycles. The standard InChI is InChI=1S/C73H128O6/c1-4-7-10-13-16-19-22-25-28-30-32-33-34-35-36-37-38-39-41-42-45-48-51-54-57-60-63-66-72(75)78-69-70(68-77-71(74)65-62-59-56-53-50-47-44-27-24-21-18-15-12-9-6-3)79-73(76)67-64-61-58-55-52-49-46-43-40-31-29-26-23-20-17-14-11-8-5-2/h8,11,17-18,20-21,26-27,29,40,43-44,49,52,70H,4-7,9-10,12-16,19,22-25,28,30-39,41-42,45-48,50-51,53-69H2,1-3H3/b11-8-,20-17-,21-18-,29-26-,43-40-,44-27-,52-49-. The summed E-state index contributed by atoms with van der Waals surface area (Å²) in [5.41, 5.74) is 0. The predicted molar refractivity (Wildman–Crippen MR) is 344 cm³/mol. The maximum atomic E-state index is 12.9. The number of allylic oxidation sites excluding steroid dienone is 14. The summed E-state index contributed by atoms with van der Waals surface area (Å²) in [6, 6.07) is 0. The van der Waals surface area contributed by atoms with E-state index in [1.807, 2.05) is 0 Å². The van der Waals surface area contributed by atoms with Crippen LogP contribution in [0.25, 0.3) is 0 Å². The molecule has 79 heavy (non-hydrogen) atoms. The van der Waals surface area contributed by atoms with Gasteiger partial charge in [0.25, 0.3) is 0 Å². The molecule has 0 radical (unpaired) electrons. The van der Waals surface area contributed by atoms with Crippen molar-refractivity contribution < 1.29 is 28.6 Å². The maximum Gasteiger partial charge on any atom is 0.306 e. The van der Waals surface area contributed by atoms with Gasteiger partial charge in [-0.2, -0.15) is 0 Å². The number of carbonyl (C=O) groups excluding carboxylic acids is 3. The molecule has 0 bridgehead atoms. The van der Waals surface area contributed by atoms with E-state index in [1.54, 1.807) is 0 Å². The molecular weight excluding hydrogens is 973 g/mol. The fourth-order valence-corrected chi connectivity index (χ4v) is 9.80. The van der Waals surface area contributed by atoms with E-state index >= 15 is 0 Å². The molecule has 0 fully saturated rings. The highest BCUT2D eigenvalue weighted by Crippen LogP contribution is 2.18. The Morgan fingerprint density at radius 2 is 0.494 bits per heavy atom. The van der Waals surface area contributed by atoms with Gasteiger partial charge in [0.05, 0.1) is 0 Å². The van der Waals surface area contributed by atoms with E-state index in [4.69, 9.17) is 14.2 Å². The topological polar surface area (TPSA) is 78.9 Å². The van der Waals surface area contributed by atoms with E-state index in [2.05, 4.69) is 106 Å². The normalized spacial score (nSPS) is 12.6. The van der Waals surface area contributed by atoms with Gasteiger partial charge < -0.3 is 14.2 Å². The van der Waals surface area contributed by atoms with Crippen LogP contribution in [0.5, 0.6) is 0 Å². The minimum absolute atomic E-state index is 0.0921. The van der Waals surface area contributed by atoms with Gasteiger partial charge in [-0.3, -0.25) is 14.4 Å². The third kappa shape index (κ3) is 65.3. The predicted octanol–water partition coefficient (Wildman–Crippen LogP) is 23.4. The molecule has 0 rings (SSSR count). The Kier molecular flexibility index (Phi) is 64.2. The molecule has 1 unspecified atom stereocenters. The monoisotopic (exact) mass is 1100 g/mol. The molecule has 0 aliphatic carbocycles. The van der Waals surface area contributed by atoms with Gasteiger partial charge in [-0.05, 0) is 96.3 Å². The van der Waals surface area contributed by atoms with Crippen LogP contribution in [0.2, 0.25) is 0 Å². The van der Waals surface area contributed by atoms with E-state index in [-0.39, 0.29) is 37.5 Å². The molecule has 0 aromatic heterocycles. The first-order chi connectivity index (χ1) is 39.0. The second-order valence-electron chi connectivity index (χ2n) is 22.7. The van der Waals surface area contributed by atoms with E-state index in [0.717, 1.165) is 122 Å². The molecule has 0 saturated heterocycles. The van der Waals surface area contributed by atoms with Crippen molar-refractivity contribution in [2.75, 3.05) is 13.2 Å². The summed E-state index contributed by atoms with van der Waals surface area (Å²) < 4.78 is 16.9. The van der Waals surface area contributed by atoms with Gasteiger partial charge in [0.1, 0.15) is 13.2 Å². The quantitative estimate of drug-likeness (QED) is 0.0261. The Morgan fingerprint density at radius 3 is 0.810 bits per heavy atom. The summed E-state index contributed by atoms with van der Waals surface area (Å²) in [7, 11) is 0. The first-order valence-electron chi connectivity index (χ1n) is 34.1. The fraction of sp³-hybridized carbons (Fsp3) is 0.767. The van der Waals surface area contributed by atoms with Crippen molar-refractivity contribution in [1.82, 2.24) is 0 Å². The lowest BCUT2D eigenvalue weighted by atomic mass is 10.0. The smallest absolute Gasteiger partial charge is 0.306 e. The Balaban J connectivity index is 4.32. The van der Waals surface area contributed by atoms with Crippen molar-refractivity contribution in [1.29, 1.82) is 0 Å². The first kappa shape index (κ1) is 75.6. The molecule has 0 heterocycles. The molecule has 0 aromatic carbocycles. The summed E-state index contributed by atoms with van der Waals surface area (Å²) in [5, 5.41) is 0. The maximum absolute atomic E-state index is 12.9. The summed E-state index contributed by atoms with van der Waals surface area (Å²) in [6.45, 7) is 6.51. The molecular formula is C73H128O6. The minimum Gasteiger partial charge on any atom is -0.462 e. The number of esters is 3. The molecule has 0 amide bonds. The zero-order valence-electron chi connectivity index (χ0n) is 52.4. The summed E-state index contributed by atoms with van der Waals surface area (Å²) in [4.78, 5) is 38.4. The number of carbonyl (C=O) groups is 3. The SMILES string of the molecule is CC/C=C\C/C=C\C/C=C\C/C=C\C/C=C\CCCCCC(=O)OC(COC(=O)CCCCCCC/C=C\C/C=C\CCCCC)COC(=O)CCCCCCCCCCCCCCCCCCCCCCCCCCCCC. The van der Waals surface area contributed by atoms with Crippen LogP contribution in [-0.2, 0) is 28.6 Å². The second kappa shape index (κ2) is 67.1. The van der Waals surface area contributed by atoms with Gasteiger partial charge in [0, 0.05) is 19.3 Å². The number of ether oxygens (including phenoxy) is 3. The minimum atomic E-state index is -0.801. The van der Waals surface area contributed by atoms with E-state index in [1.165, 1.54) is 180 Å². The number of rotatable bonds is 62. The van der Waals surface area contributed by atoms with Crippen molar-refractivity contribution in [3.05, 3.63) is 85.1 Å². The first-order valence-corrected chi connectivity index (χ1v) is 34.1. The Bertz CT molecular complexity index is 1500. The van der Waals surface area contributed by atoms with Gasteiger partial charge in [0.15, 0.2) is 6.10 Å². The molecule has 0 spiro atoms. The Labute approximate surface area is 490 Å². The van der Waals surface area contributed by atoms with Crippen LogP contribution in [0, 0.1) is 0 Å². The van der Waals surface area contributed by atoms with Crippen molar-refractivity contribution in [3.63, 3.8) is 0 Å². The summed E-state index contributed by atoms with van der Waals surface area (Å²) in [6.07, 6.45) is 89.0. The number of hydrogen-bond acceptors (Lipinski definition) is 6. The van der Waals surface area contributed by atoms with Crippen LogP contribution in [0.3, 0.4) is 0 Å². The summed E-state index contributed by atoms with van der Waals surface area (Å²) in [5.74, 6) is -0.924. The largest absolute Gasteiger partial charge is 0.462 e. The third-order valence-corrected chi connectivity index (χ3v) is 14.9. The molecule has 0 aromatic rings. The van der Waals surface area contributed by atoms with Gasteiger partial charge in [-0.15, -0.1) is 0 Å². The molecule has 0 N–H and O–H groups in total. The van der Waals surface area contributed by atoms with Crippen molar-refractivity contribution in [2.24, 2.45) is 0 Å². The molecule has 6 nitrogen and oxygen atoms in total. The van der Waals surface area contributed by atoms with E-state index in [9.17, 15) is 14.4 Å². The zero-order valence-corrected chi connectivity index (χ0v) is 52.4. The molecule has 1 atom stereocenters. The number of hydrogen-bond donors (Lipinski definition) is 0. The van der Waals surface area contributed by atoms with E-state index in [0.29, 0.717) is 12.8 Å². The number of unbranched alkanes of at least 4 members (excludes halogenated alkanes) is 37. The van der Waals surface area contributed by atoms with Crippen molar-refractivity contribution >= 4 is 17.9 Å². The van der Waals surface area contributed by atoms with Gasteiger partial charge in [-0.1, -0.05) is 311 Å². The lowest BCUT2D eigenvalue weighted by Crippen LogP contribution is -2.30. The van der Waals surface area contributed by atoms with Crippen LogP contribution >= 0.6 is 0 Å². The van der Waals surface area contributed by atoms with Crippen LogP contribution in [0.1, 0.15) is 342 Å². The fourth-order valence-electron chi connectivity index (χ4n) is 9.80. The van der Waals surface area contributed by atoms with Gasteiger partial charge >= 0.3 is 17.9 Å². The van der Waals surface area contributed by atoms with Crippen molar-refractivity contribution in [3.8, 4) is 0 Å². The highest BCUT2D eigenvalue weighted by Gasteiger charge is 2.19. The lowest BCUT2D eigenvalue weighted by Gasteiger charge is -2.18. The average Bonchev–Trinajstić information content (AvgIpc) is 3.45. The van der Waals surface area contributed by atoms with Gasteiger partial charge in [-0.25, -0.2) is 0 Å².